The molecule has 0 atom stereocenters. The first-order chi connectivity index (χ1) is 16.4. The summed E-state index contributed by atoms with van der Waals surface area (Å²) in [6, 6.07) is 1.56. The molecule has 2 amide bonds. The Labute approximate surface area is 199 Å². The van der Waals surface area contributed by atoms with Gasteiger partial charge < -0.3 is 9.80 Å². The fraction of sp³-hybridized carbons (Fsp3) is 0.652. The highest BCUT2D eigenvalue weighted by Crippen LogP contribution is 2.36. The number of benzene rings is 1. The molecule has 2 saturated heterocycles. The molecule has 1 aromatic rings. The standard InChI is InChI=1S/C23H28F6N4O2/c24-22(25,26)17-12-16(13-18(14-17)23(27,28)29)21(35)33-6-4-30(5-7-33)15-20(34)32-10-8-31(9-11-32)19-2-1-3-19/h12-14,19H,1-11,15H2. The van der Waals surface area contributed by atoms with E-state index in [0.29, 0.717) is 44.4 Å². The summed E-state index contributed by atoms with van der Waals surface area (Å²) in [4.78, 5) is 32.8. The largest absolute Gasteiger partial charge is 0.416 e. The molecule has 12 heteroatoms. The summed E-state index contributed by atoms with van der Waals surface area (Å²) in [6.45, 7) is 4.07. The first-order valence-electron chi connectivity index (χ1n) is 11.7. The van der Waals surface area contributed by atoms with Gasteiger partial charge in [-0.15, -0.1) is 0 Å². The van der Waals surface area contributed by atoms with Crippen LogP contribution in [0.2, 0.25) is 0 Å². The van der Waals surface area contributed by atoms with Crippen molar-refractivity contribution in [3.63, 3.8) is 0 Å². The molecular formula is C23H28F6N4O2. The molecule has 1 saturated carbocycles. The summed E-state index contributed by atoms with van der Waals surface area (Å²) in [5, 5.41) is 0. The number of hydrogen-bond donors (Lipinski definition) is 0. The van der Waals surface area contributed by atoms with E-state index in [-0.39, 0.29) is 31.6 Å². The second-order valence-electron chi connectivity index (χ2n) is 9.36. The maximum Gasteiger partial charge on any atom is 0.416 e. The SMILES string of the molecule is O=C(CN1CCN(C(=O)c2cc(C(F)(F)F)cc(C(F)(F)F)c2)CC1)N1CCN(C2CCC2)CC1. The van der Waals surface area contributed by atoms with Gasteiger partial charge in [0, 0.05) is 64.0 Å². The average molecular weight is 506 g/mol. The molecule has 1 aliphatic carbocycles. The van der Waals surface area contributed by atoms with Crippen LogP contribution in [0.1, 0.15) is 40.7 Å². The third-order valence-corrected chi connectivity index (χ3v) is 7.11. The fourth-order valence-corrected chi connectivity index (χ4v) is 4.75. The molecule has 2 aliphatic heterocycles. The zero-order chi connectivity index (χ0) is 25.4. The number of halogens is 6. The predicted molar refractivity (Wildman–Crippen MR) is 115 cm³/mol. The minimum absolute atomic E-state index is 0.00630. The Hall–Kier alpha value is -2.34. The summed E-state index contributed by atoms with van der Waals surface area (Å²) in [5.74, 6) is -0.898. The molecule has 0 spiro atoms. The Morgan fingerprint density at radius 3 is 1.71 bits per heavy atom. The molecule has 3 aliphatic rings. The highest BCUT2D eigenvalue weighted by Gasteiger charge is 2.38. The van der Waals surface area contributed by atoms with Gasteiger partial charge in [0.2, 0.25) is 5.91 Å². The van der Waals surface area contributed by atoms with E-state index in [4.69, 9.17) is 0 Å². The van der Waals surface area contributed by atoms with Gasteiger partial charge in [-0.05, 0) is 31.0 Å². The Bertz CT molecular complexity index is 899. The summed E-state index contributed by atoms with van der Waals surface area (Å²) in [6.07, 6.45) is -6.34. The second-order valence-corrected chi connectivity index (χ2v) is 9.36. The van der Waals surface area contributed by atoms with E-state index in [9.17, 15) is 35.9 Å². The number of piperazine rings is 2. The van der Waals surface area contributed by atoms with Crippen LogP contribution in [-0.4, -0.2) is 96.4 Å². The molecule has 3 fully saturated rings. The molecule has 2 heterocycles. The van der Waals surface area contributed by atoms with Gasteiger partial charge in [-0.25, -0.2) is 0 Å². The van der Waals surface area contributed by atoms with Crippen LogP contribution >= 0.6 is 0 Å². The first-order valence-corrected chi connectivity index (χ1v) is 11.7. The molecule has 1 aromatic carbocycles. The number of alkyl halides is 6. The summed E-state index contributed by atoms with van der Waals surface area (Å²) in [7, 11) is 0. The van der Waals surface area contributed by atoms with Crippen molar-refractivity contribution in [1.82, 2.24) is 19.6 Å². The van der Waals surface area contributed by atoms with E-state index in [0.717, 1.165) is 13.1 Å². The van der Waals surface area contributed by atoms with Crippen LogP contribution in [0, 0.1) is 0 Å². The zero-order valence-electron chi connectivity index (χ0n) is 19.2. The molecule has 35 heavy (non-hydrogen) atoms. The number of hydrogen-bond acceptors (Lipinski definition) is 4. The Morgan fingerprint density at radius 1 is 0.743 bits per heavy atom. The fourth-order valence-electron chi connectivity index (χ4n) is 4.75. The van der Waals surface area contributed by atoms with Crippen molar-refractivity contribution >= 4 is 11.8 Å². The van der Waals surface area contributed by atoms with Crippen LogP contribution in [0.25, 0.3) is 0 Å². The smallest absolute Gasteiger partial charge is 0.339 e. The number of carbonyl (C=O) groups is 2. The van der Waals surface area contributed by atoms with Gasteiger partial charge in [0.1, 0.15) is 0 Å². The van der Waals surface area contributed by atoms with Crippen LogP contribution in [0.3, 0.4) is 0 Å². The topological polar surface area (TPSA) is 47.1 Å². The molecule has 0 N–H and O–H groups in total. The highest BCUT2D eigenvalue weighted by atomic mass is 19.4. The molecule has 0 bridgehead atoms. The number of rotatable bonds is 4. The van der Waals surface area contributed by atoms with Crippen LogP contribution in [0.5, 0.6) is 0 Å². The van der Waals surface area contributed by atoms with E-state index >= 15 is 0 Å². The molecule has 4 rings (SSSR count). The number of amides is 2. The molecule has 6 nitrogen and oxygen atoms in total. The van der Waals surface area contributed by atoms with E-state index in [1.165, 1.54) is 24.2 Å². The van der Waals surface area contributed by atoms with E-state index in [2.05, 4.69) is 4.90 Å². The van der Waals surface area contributed by atoms with Gasteiger partial charge in [0.25, 0.3) is 5.91 Å². The minimum Gasteiger partial charge on any atom is -0.339 e. The summed E-state index contributed by atoms with van der Waals surface area (Å²) >= 11 is 0. The monoisotopic (exact) mass is 506 g/mol. The Morgan fingerprint density at radius 2 is 1.26 bits per heavy atom. The van der Waals surface area contributed by atoms with E-state index in [1.54, 1.807) is 0 Å². The average Bonchev–Trinajstić information content (AvgIpc) is 2.77. The maximum absolute atomic E-state index is 13.1. The molecule has 0 unspecified atom stereocenters. The molecule has 0 radical (unpaired) electrons. The van der Waals surface area contributed by atoms with Crippen LogP contribution in [0.15, 0.2) is 18.2 Å². The number of nitrogens with zero attached hydrogens (tertiary/aromatic N) is 4. The second kappa shape index (κ2) is 9.96. The Balaban J connectivity index is 1.31. The minimum atomic E-state index is -5.02. The first kappa shape index (κ1) is 25.7. The lowest BCUT2D eigenvalue weighted by molar-refractivity contribution is -0.143. The van der Waals surface area contributed by atoms with Crippen molar-refractivity contribution in [3.8, 4) is 0 Å². The third-order valence-electron chi connectivity index (χ3n) is 7.11. The van der Waals surface area contributed by atoms with Crippen molar-refractivity contribution in [2.24, 2.45) is 0 Å². The van der Waals surface area contributed by atoms with Crippen LogP contribution in [-0.2, 0) is 17.1 Å². The number of carbonyl (C=O) groups excluding carboxylic acids is 2. The predicted octanol–water partition coefficient (Wildman–Crippen LogP) is 3.18. The van der Waals surface area contributed by atoms with Crippen molar-refractivity contribution in [3.05, 3.63) is 34.9 Å². The van der Waals surface area contributed by atoms with Crippen molar-refractivity contribution in [2.45, 2.75) is 37.7 Å². The van der Waals surface area contributed by atoms with Gasteiger partial charge in [-0.1, -0.05) is 6.42 Å². The lowest BCUT2D eigenvalue weighted by Crippen LogP contribution is -2.56. The molecule has 194 valence electrons. The van der Waals surface area contributed by atoms with E-state index in [1.807, 2.05) is 9.80 Å². The van der Waals surface area contributed by atoms with Crippen molar-refractivity contribution < 1.29 is 35.9 Å². The van der Waals surface area contributed by atoms with Crippen LogP contribution < -0.4 is 0 Å². The highest BCUT2D eigenvalue weighted by molar-refractivity contribution is 5.94. The summed E-state index contributed by atoms with van der Waals surface area (Å²) < 4.78 is 78.7. The van der Waals surface area contributed by atoms with Gasteiger partial charge >= 0.3 is 12.4 Å². The maximum atomic E-state index is 13.1. The van der Waals surface area contributed by atoms with Crippen molar-refractivity contribution in [1.29, 1.82) is 0 Å². The quantitative estimate of drug-likeness (QED) is 0.589. The summed E-state index contributed by atoms with van der Waals surface area (Å²) in [5.41, 5.74) is -3.68. The lowest BCUT2D eigenvalue weighted by Gasteiger charge is -2.43. The van der Waals surface area contributed by atoms with Gasteiger partial charge in [-0.2, -0.15) is 26.3 Å². The molecular weight excluding hydrogens is 478 g/mol. The van der Waals surface area contributed by atoms with Crippen LogP contribution in [0.4, 0.5) is 26.3 Å². The van der Waals surface area contributed by atoms with Crippen molar-refractivity contribution in [2.75, 3.05) is 58.9 Å². The zero-order valence-corrected chi connectivity index (χ0v) is 19.2. The normalized spacial score (nSPS) is 21.2. The van der Waals surface area contributed by atoms with Gasteiger partial charge in [0.05, 0.1) is 17.7 Å². The van der Waals surface area contributed by atoms with E-state index < -0.39 is 35.0 Å². The van der Waals surface area contributed by atoms with Gasteiger partial charge in [0.15, 0.2) is 0 Å². The molecule has 0 aromatic heterocycles. The lowest BCUT2D eigenvalue weighted by atomic mass is 9.91. The third kappa shape index (κ3) is 6.08. The Kier molecular flexibility index (Phi) is 7.33. The van der Waals surface area contributed by atoms with Gasteiger partial charge in [-0.3, -0.25) is 19.4 Å².